The monoisotopic (exact) mass is 427 g/mol. The van der Waals surface area contributed by atoms with Gasteiger partial charge in [-0.2, -0.15) is 4.98 Å². The fourth-order valence-electron chi connectivity index (χ4n) is 4.65. The third kappa shape index (κ3) is 4.83. The zero-order chi connectivity index (χ0) is 22.2. The van der Waals surface area contributed by atoms with E-state index in [-0.39, 0.29) is 23.7 Å². The first-order valence-corrected chi connectivity index (χ1v) is 11.3. The van der Waals surface area contributed by atoms with Gasteiger partial charge in [0.1, 0.15) is 11.2 Å². The normalized spacial score (nSPS) is 22.6. The molecule has 3 heterocycles. The summed E-state index contributed by atoms with van der Waals surface area (Å²) >= 11 is 0. The molecule has 0 aromatic carbocycles. The SMILES string of the molecule is C[C@H]1CCCC1n1c(=O)ccc2cnc(NC3CCN(C(=O)OC(C)(C)C)CC3)nc21. The van der Waals surface area contributed by atoms with Gasteiger partial charge in [0.2, 0.25) is 5.95 Å². The summed E-state index contributed by atoms with van der Waals surface area (Å²) in [5, 5.41) is 4.29. The van der Waals surface area contributed by atoms with E-state index in [0.29, 0.717) is 30.6 Å². The Morgan fingerprint density at radius 1 is 1.16 bits per heavy atom. The number of nitrogens with zero attached hydrogens (tertiary/aromatic N) is 4. The van der Waals surface area contributed by atoms with Crippen LogP contribution in [0.3, 0.4) is 0 Å². The van der Waals surface area contributed by atoms with Crippen molar-refractivity contribution in [1.82, 2.24) is 19.4 Å². The lowest BCUT2D eigenvalue weighted by Crippen LogP contribution is -2.44. The molecular weight excluding hydrogens is 394 g/mol. The molecule has 2 aliphatic rings. The molecule has 1 aliphatic carbocycles. The van der Waals surface area contributed by atoms with Gasteiger partial charge in [0, 0.05) is 42.8 Å². The molecule has 1 saturated carbocycles. The lowest BCUT2D eigenvalue weighted by atomic mass is 10.1. The van der Waals surface area contributed by atoms with Gasteiger partial charge in [-0.3, -0.25) is 9.36 Å². The molecule has 2 atom stereocenters. The Hall–Kier alpha value is -2.64. The van der Waals surface area contributed by atoms with E-state index in [1.807, 2.05) is 25.3 Å². The van der Waals surface area contributed by atoms with Gasteiger partial charge in [-0.1, -0.05) is 13.3 Å². The van der Waals surface area contributed by atoms with Gasteiger partial charge in [-0.05, 0) is 58.4 Å². The highest BCUT2D eigenvalue weighted by Crippen LogP contribution is 2.35. The maximum absolute atomic E-state index is 12.7. The number of aromatic nitrogens is 3. The molecule has 8 nitrogen and oxygen atoms in total. The van der Waals surface area contributed by atoms with Crippen LogP contribution in [0, 0.1) is 5.92 Å². The minimum atomic E-state index is -0.488. The zero-order valence-corrected chi connectivity index (χ0v) is 18.9. The third-order valence-corrected chi connectivity index (χ3v) is 6.29. The smallest absolute Gasteiger partial charge is 0.410 e. The van der Waals surface area contributed by atoms with Crippen LogP contribution in [0.5, 0.6) is 0 Å². The molecular formula is C23H33N5O3. The van der Waals surface area contributed by atoms with E-state index in [4.69, 9.17) is 9.72 Å². The van der Waals surface area contributed by atoms with Gasteiger partial charge >= 0.3 is 6.09 Å². The van der Waals surface area contributed by atoms with Crippen molar-refractivity contribution in [3.05, 3.63) is 28.7 Å². The Labute approximate surface area is 183 Å². The summed E-state index contributed by atoms with van der Waals surface area (Å²) < 4.78 is 7.34. The first kappa shape index (κ1) is 21.6. The third-order valence-electron chi connectivity index (χ3n) is 6.29. The summed E-state index contributed by atoms with van der Waals surface area (Å²) in [5.41, 5.74) is 0.217. The molecule has 0 radical (unpaired) electrons. The van der Waals surface area contributed by atoms with Crippen LogP contribution in [0.15, 0.2) is 23.1 Å². The van der Waals surface area contributed by atoms with Crippen LogP contribution in [0.1, 0.15) is 65.8 Å². The summed E-state index contributed by atoms with van der Waals surface area (Å²) in [4.78, 5) is 36.0. The zero-order valence-electron chi connectivity index (χ0n) is 18.9. The molecule has 168 valence electrons. The Morgan fingerprint density at radius 2 is 1.90 bits per heavy atom. The summed E-state index contributed by atoms with van der Waals surface area (Å²) in [6.07, 6.45) is 6.40. The number of carbonyl (C=O) groups excluding carboxylic acids is 1. The molecule has 0 bridgehead atoms. The first-order chi connectivity index (χ1) is 14.7. The molecule has 2 aromatic rings. The minimum absolute atomic E-state index is 0.00145. The van der Waals surface area contributed by atoms with E-state index < -0.39 is 5.60 Å². The number of pyridine rings is 1. The predicted octanol–water partition coefficient (Wildman–Crippen LogP) is 3.96. The summed E-state index contributed by atoms with van der Waals surface area (Å²) in [7, 11) is 0. The number of hydrogen-bond donors (Lipinski definition) is 1. The Balaban J connectivity index is 1.48. The summed E-state index contributed by atoms with van der Waals surface area (Å²) in [6.45, 7) is 9.10. The van der Waals surface area contributed by atoms with Crippen LogP contribution in [0.2, 0.25) is 0 Å². The van der Waals surface area contributed by atoms with Crippen molar-refractivity contribution in [1.29, 1.82) is 0 Å². The van der Waals surface area contributed by atoms with E-state index in [9.17, 15) is 9.59 Å². The number of fused-ring (bicyclic) bond motifs is 1. The van der Waals surface area contributed by atoms with Gasteiger partial charge < -0.3 is 15.0 Å². The van der Waals surface area contributed by atoms with E-state index in [1.54, 1.807) is 23.2 Å². The Morgan fingerprint density at radius 3 is 2.55 bits per heavy atom. The van der Waals surface area contributed by atoms with Crippen molar-refractivity contribution >= 4 is 23.1 Å². The molecule has 1 unspecified atom stereocenters. The Bertz CT molecular complexity index is 1000. The highest BCUT2D eigenvalue weighted by molar-refractivity contribution is 5.75. The predicted molar refractivity (Wildman–Crippen MR) is 120 cm³/mol. The van der Waals surface area contributed by atoms with E-state index in [1.165, 1.54) is 0 Å². The van der Waals surface area contributed by atoms with Gasteiger partial charge in [0.25, 0.3) is 5.56 Å². The standard InChI is InChI=1S/C23H33N5O3/c1-15-6-5-7-18(15)28-19(29)9-8-16-14-24-21(26-20(16)28)25-17-10-12-27(13-11-17)22(30)31-23(2,3)4/h8-9,14-15,17-18H,5-7,10-13H2,1-4H3,(H,24,25,26)/t15-,18?/m0/s1. The maximum Gasteiger partial charge on any atom is 0.410 e. The van der Waals surface area contributed by atoms with Crippen molar-refractivity contribution in [3.8, 4) is 0 Å². The fraction of sp³-hybridized carbons (Fsp3) is 0.652. The molecule has 1 saturated heterocycles. The van der Waals surface area contributed by atoms with Gasteiger partial charge in [0.15, 0.2) is 0 Å². The van der Waals surface area contributed by atoms with E-state index in [2.05, 4.69) is 17.2 Å². The van der Waals surface area contributed by atoms with Crippen LogP contribution in [-0.4, -0.2) is 50.3 Å². The van der Waals surface area contributed by atoms with E-state index >= 15 is 0 Å². The maximum atomic E-state index is 12.7. The second-order valence-corrected chi connectivity index (χ2v) is 9.88. The highest BCUT2D eigenvalue weighted by Gasteiger charge is 2.29. The number of hydrogen-bond acceptors (Lipinski definition) is 6. The number of amides is 1. The highest BCUT2D eigenvalue weighted by atomic mass is 16.6. The summed E-state index contributed by atoms with van der Waals surface area (Å²) in [6, 6.07) is 3.79. The topological polar surface area (TPSA) is 89.4 Å². The number of piperidine rings is 1. The molecule has 2 fully saturated rings. The number of nitrogens with one attached hydrogen (secondary N) is 1. The molecule has 4 rings (SSSR count). The molecule has 8 heteroatoms. The molecule has 1 N–H and O–H groups in total. The number of anilines is 1. The number of ether oxygens (including phenoxy) is 1. The van der Waals surface area contributed by atoms with Gasteiger partial charge in [0.05, 0.1) is 0 Å². The minimum Gasteiger partial charge on any atom is -0.444 e. The van der Waals surface area contributed by atoms with Crippen LogP contribution >= 0.6 is 0 Å². The second-order valence-electron chi connectivity index (χ2n) is 9.88. The quantitative estimate of drug-likeness (QED) is 0.797. The number of rotatable bonds is 3. The largest absolute Gasteiger partial charge is 0.444 e. The van der Waals surface area contributed by atoms with Gasteiger partial charge in [-0.25, -0.2) is 9.78 Å². The van der Waals surface area contributed by atoms with Crippen molar-refractivity contribution in [3.63, 3.8) is 0 Å². The molecule has 1 amide bonds. The summed E-state index contributed by atoms with van der Waals surface area (Å²) in [5.74, 6) is 1.00. The van der Waals surface area contributed by atoms with Crippen molar-refractivity contribution < 1.29 is 9.53 Å². The molecule has 1 aliphatic heterocycles. The van der Waals surface area contributed by atoms with Gasteiger partial charge in [-0.15, -0.1) is 0 Å². The Kier molecular flexibility index (Phi) is 5.90. The van der Waals surface area contributed by atoms with Crippen LogP contribution in [-0.2, 0) is 4.74 Å². The fourth-order valence-corrected chi connectivity index (χ4v) is 4.65. The van der Waals surface area contributed by atoms with Crippen molar-refractivity contribution in [2.45, 2.75) is 77.5 Å². The average Bonchev–Trinajstić information content (AvgIpc) is 3.12. The van der Waals surface area contributed by atoms with Crippen LogP contribution in [0.25, 0.3) is 11.0 Å². The van der Waals surface area contributed by atoms with Crippen molar-refractivity contribution in [2.75, 3.05) is 18.4 Å². The van der Waals surface area contributed by atoms with Crippen LogP contribution < -0.4 is 10.9 Å². The lowest BCUT2D eigenvalue weighted by molar-refractivity contribution is 0.0210. The molecule has 31 heavy (non-hydrogen) atoms. The molecule has 2 aromatic heterocycles. The lowest BCUT2D eigenvalue weighted by Gasteiger charge is -2.33. The number of carbonyl (C=O) groups is 1. The second kappa shape index (κ2) is 8.48. The van der Waals surface area contributed by atoms with Crippen LogP contribution in [0.4, 0.5) is 10.7 Å². The first-order valence-electron chi connectivity index (χ1n) is 11.3. The van der Waals surface area contributed by atoms with Crippen molar-refractivity contribution in [2.24, 2.45) is 5.92 Å². The van der Waals surface area contributed by atoms with E-state index in [0.717, 1.165) is 37.5 Å². The molecule has 0 spiro atoms. The number of likely N-dealkylation sites (tertiary alicyclic amines) is 1. The average molecular weight is 428 g/mol.